The van der Waals surface area contributed by atoms with Crippen molar-refractivity contribution < 1.29 is 14.3 Å². The fourth-order valence-corrected chi connectivity index (χ4v) is 3.50. The van der Waals surface area contributed by atoms with E-state index in [1.165, 1.54) is 7.11 Å². The van der Waals surface area contributed by atoms with Gasteiger partial charge in [-0.1, -0.05) is 25.3 Å². The van der Waals surface area contributed by atoms with E-state index < -0.39 is 5.54 Å². The molecule has 2 heterocycles. The molecule has 0 aliphatic heterocycles. The van der Waals surface area contributed by atoms with Crippen LogP contribution >= 0.6 is 0 Å². The summed E-state index contributed by atoms with van der Waals surface area (Å²) in [6.45, 7) is 1.99. The quantitative estimate of drug-likeness (QED) is 0.873. The summed E-state index contributed by atoms with van der Waals surface area (Å²) in [5.74, 6) is -0.537. The molecule has 2 aromatic rings. The van der Waals surface area contributed by atoms with Crippen LogP contribution < -0.4 is 5.32 Å². The number of ether oxygens (including phenoxy) is 1. The fraction of sp³-hybridized carbons (Fsp3) is 0.500. The molecule has 1 saturated carbocycles. The second kappa shape index (κ2) is 6.63. The Bertz CT molecular complexity index is 760. The van der Waals surface area contributed by atoms with E-state index in [0.29, 0.717) is 18.5 Å². The molecule has 0 saturated heterocycles. The van der Waals surface area contributed by atoms with E-state index in [-0.39, 0.29) is 18.3 Å². The van der Waals surface area contributed by atoms with Gasteiger partial charge in [0.2, 0.25) is 5.91 Å². The zero-order valence-electron chi connectivity index (χ0n) is 14.2. The van der Waals surface area contributed by atoms with Gasteiger partial charge in [0.15, 0.2) is 0 Å². The number of imidazole rings is 1. The number of hydrogen-bond acceptors (Lipinski definition) is 4. The minimum atomic E-state index is -0.876. The van der Waals surface area contributed by atoms with Crippen molar-refractivity contribution in [2.24, 2.45) is 0 Å². The number of aromatic nitrogens is 2. The predicted molar refractivity (Wildman–Crippen MR) is 89.6 cm³/mol. The fourth-order valence-electron chi connectivity index (χ4n) is 3.50. The van der Waals surface area contributed by atoms with Crippen LogP contribution in [0.5, 0.6) is 0 Å². The molecule has 0 bridgehead atoms. The number of nitrogens with one attached hydrogen (secondary N) is 1. The molecule has 1 amide bonds. The molecular weight excluding hydrogens is 306 g/mol. The lowest BCUT2D eigenvalue weighted by Crippen LogP contribution is -2.56. The van der Waals surface area contributed by atoms with Crippen LogP contribution in [0.1, 0.15) is 43.4 Å². The molecule has 3 rings (SSSR count). The smallest absolute Gasteiger partial charge is 0.331 e. The normalized spacial score (nSPS) is 16.8. The molecule has 1 aliphatic carbocycles. The summed E-state index contributed by atoms with van der Waals surface area (Å²) in [6.07, 6.45) is 8.11. The van der Waals surface area contributed by atoms with Crippen LogP contribution in [-0.2, 0) is 20.7 Å². The first-order valence-electron chi connectivity index (χ1n) is 8.37. The molecule has 0 aromatic carbocycles. The van der Waals surface area contributed by atoms with Crippen LogP contribution in [0.3, 0.4) is 0 Å². The Hall–Kier alpha value is -2.37. The SMILES string of the molecule is COC(=O)C1(NC(=O)Cc2cn3cccc(C)c3n2)CCCCC1. The Labute approximate surface area is 141 Å². The average Bonchev–Trinajstić information content (AvgIpc) is 2.98. The first kappa shape index (κ1) is 16.5. The van der Waals surface area contributed by atoms with Gasteiger partial charge in [0.05, 0.1) is 19.2 Å². The van der Waals surface area contributed by atoms with Gasteiger partial charge in [-0.2, -0.15) is 0 Å². The number of aryl methyl sites for hydroxylation is 1. The number of methoxy groups -OCH3 is 1. The summed E-state index contributed by atoms with van der Waals surface area (Å²) in [7, 11) is 1.37. The van der Waals surface area contributed by atoms with Crippen molar-refractivity contribution in [3.8, 4) is 0 Å². The molecule has 0 radical (unpaired) electrons. The second-order valence-corrected chi connectivity index (χ2v) is 6.51. The molecule has 1 fully saturated rings. The van der Waals surface area contributed by atoms with Crippen LogP contribution in [-0.4, -0.2) is 33.9 Å². The minimum Gasteiger partial charge on any atom is -0.467 e. The summed E-state index contributed by atoms with van der Waals surface area (Å²) in [6, 6.07) is 3.93. The number of hydrogen-bond donors (Lipinski definition) is 1. The van der Waals surface area contributed by atoms with Gasteiger partial charge in [-0.25, -0.2) is 9.78 Å². The molecule has 6 heteroatoms. The summed E-state index contributed by atoms with van der Waals surface area (Å²) >= 11 is 0. The summed E-state index contributed by atoms with van der Waals surface area (Å²) in [4.78, 5) is 29.2. The van der Waals surface area contributed by atoms with Crippen molar-refractivity contribution in [1.82, 2.24) is 14.7 Å². The highest BCUT2D eigenvalue weighted by molar-refractivity contribution is 5.89. The van der Waals surface area contributed by atoms with Gasteiger partial charge in [0, 0.05) is 12.4 Å². The summed E-state index contributed by atoms with van der Waals surface area (Å²) in [5, 5.41) is 2.93. The van der Waals surface area contributed by atoms with E-state index in [0.717, 1.165) is 30.5 Å². The zero-order valence-corrected chi connectivity index (χ0v) is 14.2. The average molecular weight is 329 g/mol. The minimum absolute atomic E-state index is 0.153. The van der Waals surface area contributed by atoms with Gasteiger partial charge in [-0.3, -0.25) is 4.79 Å². The topological polar surface area (TPSA) is 72.7 Å². The van der Waals surface area contributed by atoms with Crippen LogP contribution in [0.2, 0.25) is 0 Å². The first-order chi connectivity index (χ1) is 11.5. The molecule has 2 aromatic heterocycles. The summed E-state index contributed by atoms with van der Waals surface area (Å²) in [5.41, 5.74) is 1.72. The van der Waals surface area contributed by atoms with Crippen LogP contribution in [0.15, 0.2) is 24.5 Å². The Morgan fingerprint density at radius 3 is 2.75 bits per heavy atom. The molecule has 128 valence electrons. The van der Waals surface area contributed by atoms with Crippen molar-refractivity contribution >= 4 is 17.5 Å². The van der Waals surface area contributed by atoms with Crippen molar-refractivity contribution in [2.75, 3.05) is 7.11 Å². The third-order valence-corrected chi connectivity index (χ3v) is 4.73. The van der Waals surface area contributed by atoms with E-state index in [1.54, 1.807) is 0 Å². The Morgan fingerprint density at radius 1 is 1.33 bits per heavy atom. The highest BCUT2D eigenvalue weighted by atomic mass is 16.5. The zero-order chi connectivity index (χ0) is 17.2. The number of amides is 1. The second-order valence-electron chi connectivity index (χ2n) is 6.51. The third-order valence-electron chi connectivity index (χ3n) is 4.73. The van der Waals surface area contributed by atoms with Crippen molar-refractivity contribution in [3.05, 3.63) is 35.8 Å². The van der Waals surface area contributed by atoms with E-state index in [2.05, 4.69) is 10.3 Å². The van der Waals surface area contributed by atoms with E-state index in [9.17, 15) is 9.59 Å². The highest BCUT2D eigenvalue weighted by Crippen LogP contribution is 2.29. The van der Waals surface area contributed by atoms with Crippen LogP contribution in [0, 0.1) is 6.92 Å². The van der Waals surface area contributed by atoms with Crippen LogP contribution in [0.25, 0.3) is 5.65 Å². The van der Waals surface area contributed by atoms with Gasteiger partial charge >= 0.3 is 5.97 Å². The molecule has 0 atom stereocenters. The number of esters is 1. The van der Waals surface area contributed by atoms with Crippen molar-refractivity contribution in [1.29, 1.82) is 0 Å². The maximum atomic E-state index is 12.5. The number of fused-ring (bicyclic) bond motifs is 1. The predicted octanol–water partition coefficient (Wildman–Crippen LogP) is 2.18. The molecular formula is C18H23N3O3. The number of rotatable bonds is 4. The maximum Gasteiger partial charge on any atom is 0.331 e. The molecule has 1 N–H and O–H groups in total. The van der Waals surface area contributed by atoms with E-state index in [4.69, 9.17) is 4.74 Å². The highest BCUT2D eigenvalue weighted by Gasteiger charge is 2.41. The van der Waals surface area contributed by atoms with Gasteiger partial charge in [-0.05, 0) is 31.4 Å². The number of nitrogens with zero attached hydrogens (tertiary/aromatic N) is 2. The van der Waals surface area contributed by atoms with Gasteiger partial charge in [0.25, 0.3) is 0 Å². The third kappa shape index (κ3) is 3.13. The monoisotopic (exact) mass is 329 g/mol. The number of carbonyl (C=O) groups is 2. The molecule has 0 unspecified atom stereocenters. The molecule has 0 spiro atoms. The van der Waals surface area contributed by atoms with Gasteiger partial charge in [0.1, 0.15) is 11.2 Å². The van der Waals surface area contributed by atoms with Crippen molar-refractivity contribution in [2.45, 2.75) is 51.0 Å². The largest absolute Gasteiger partial charge is 0.467 e. The molecule has 24 heavy (non-hydrogen) atoms. The maximum absolute atomic E-state index is 12.5. The Kier molecular flexibility index (Phi) is 4.55. The molecule has 6 nitrogen and oxygen atoms in total. The van der Waals surface area contributed by atoms with Crippen molar-refractivity contribution in [3.63, 3.8) is 0 Å². The van der Waals surface area contributed by atoms with Gasteiger partial charge < -0.3 is 14.5 Å². The van der Waals surface area contributed by atoms with Crippen LogP contribution in [0.4, 0.5) is 0 Å². The van der Waals surface area contributed by atoms with E-state index >= 15 is 0 Å². The van der Waals surface area contributed by atoms with Gasteiger partial charge in [-0.15, -0.1) is 0 Å². The number of carbonyl (C=O) groups excluding carboxylic acids is 2. The summed E-state index contributed by atoms with van der Waals surface area (Å²) < 4.78 is 6.85. The van der Waals surface area contributed by atoms with E-state index in [1.807, 2.05) is 35.9 Å². The Morgan fingerprint density at radius 2 is 2.08 bits per heavy atom. The lowest BCUT2D eigenvalue weighted by molar-refractivity contribution is -0.152. The standard InChI is InChI=1S/C18H23N3O3/c1-13-7-6-10-21-12-14(19-16(13)21)11-15(22)20-18(17(23)24-2)8-4-3-5-9-18/h6-7,10,12H,3-5,8-9,11H2,1-2H3,(H,20,22). The lowest BCUT2D eigenvalue weighted by atomic mass is 9.81. The number of pyridine rings is 1. The first-order valence-corrected chi connectivity index (χ1v) is 8.37. The Balaban J connectivity index is 1.75. The lowest BCUT2D eigenvalue weighted by Gasteiger charge is -2.35. The molecule has 1 aliphatic rings.